The third-order valence-electron chi connectivity index (χ3n) is 4.26. The second kappa shape index (κ2) is 7.79. The van der Waals surface area contributed by atoms with Gasteiger partial charge in [-0.15, -0.1) is 11.8 Å². The Labute approximate surface area is 167 Å². The number of fused-ring (bicyclic) bond motifs is 1. The van der Waals surface area contributed by atoms with Gasteiger partial charge in [0.05, 0.1) is 6.42 Å². The molecule has 0 spiro atoms. The lowest BCUT2D eigenvalue weighted by atomic mass is 10.0. The SMILES string of the molecule is CC(C)(C)OC(=O)C1=C(C=O)CS[C@@H]2[C@H](NC(=O)Cc3ccccc3)C(=O)N12. The first-order chi connectivity index (χ1) is 13.2. The number of carbonyl (C=O) groups excluding carboxylic acids is 4. The van der Waals surface area contributed by atoms with E-state index in [0.717, 1.165) is 5.56 Å². The number of esters is 1. The molecule has 1 saturated heterocycles. The maximum absolute atomic E-state index is 12.7. The number of ether oxygens (including phenoxy) is 1. The first-order valence-electron chi connectivity index (χ1n) is 8.91. The van der Waals surface area contributed by atoms with Crippen molar-refractivity contribution >= 4 is 35.8 Å². The number of rotatable bonds is 5. The van der Waals surface area contributed by atoms with Crippen LogP contribution in [0.1, 0.15) is 26.3 Å². The summed E-state index contributed by atoms with van der Waals surface area (Å²) in [5.41, 5.74) is 0.290. The number of thioether (sulfide) groups is 1. The lowest BCUT2D eigenvalue weighted by Crippen LogP contribution is -2.70. The molecule has 148 valence electrons. The van der Waals surface area contributed by atoms with E-state index in [1.54, 1.807) is 20.8 Å². The summed E-state index contributed by atoms with van der Waals surface area (Å²) in [5.74, 6) is -1.12. The van der Waals surface area contributed by atoms with Gasteiger partial charge in [-0.25, -0.2) is 4.79 Å². The summed E-state index contributed by atoms with van der Waals surface area (Å²) in [6.07, 6.45) is 0.743. The average molecular weight is 402 g/mol. The van der Waals surface area contributed by atoms with Gasteiger partial charge in [-0.2, -0.15) is 0 Å². The molecule has 1 aromatic carbocycles. The first kappa shape index (κ1) is 20.1. The van der Waals surface area contributed by atoms with Crippen LogP contribution in [0, 0.1) is 0 Å². The number of amides is 2. The zero-order valence-corrected chi connectivity index (χ0v) is 16.7. The van der Waals surface area contributed by atoms with Crippen LogP contribution in [0.15, 0.2) is 41.6 Å². The predicted molar refractivity (Wildman–Crippen MR) is 104 cm³/mol. The van der Waals surface area contributed by atoms with E-state index in [9.17, 15) is 19.2 Å². The highest BCUT2D eigenvalue weighted by Gasteiger charge is 2.54. The Morgan fingerprint density at radius 2 is 1.96 bits per heavy atom. The predicted octanol–water partition coefficient (Wildman–Crippen LogP) is 1.42. The largest absolute Gasteiger partial charge is 0.455 e. The minimum Gasteiger partial charge on any atom is -0.455 e. The van der Waals surface area contributed by atoms with Crippen molar-refractivity contribution in [3.05, 3.63) is 47.2 Å². The number of β-lactam (4-membered cyclic amide) rings is 1. The van der Waals surface area contributed by atoms with Gasteiger partial charge in [0.2, 0.25) is 5.91 Å². The van der Waals surface area contributed by atoms with Gasteiger partial charge < -0.3 is 10.1 Å². The Morgan fingerprint density at radius 3 is 2.57 bits per heavy atom. The van der Waals surface area contributed by atoms with Gasteiger partial charge in [0.15, 0.2) is 0 Å². The van der Waals surface area contributed by atoms with Crippen LogP contribution in [0.4, 0.5) is 0 Å². The van der Waals surface area contributed by atoms with Gasteiger partial charge in [-0.1, -0.05) is 30.3 Å². The van der Waals surface area contributed by atoms with Gasteiger partial charge >= 0.3 is 5.97 Å². The van der Waals surface area contributed by atoms with Gasteiger partial charge in [0.1, 0.15) is 29.0 Å². The van der Waals surface area contributed by atoms with E-state index in [1.807, 2.05) is 30.3 Å². The van der Waals surface area contributed by atoms with Gasteiger partial charge in [-0.3, -0.25) is 19.3 Å². The molecule has 0 aromatic heterocycles. The standard InChI is InChI=1S/C20H22N2O5S/c1-20(2,3)27-19(26)16-13(10-23)11-28-18-15(17(25)22(16)18)21-14(24)9-12-7-5-4-6-8-12/h4-8,10,15,18H,9,11H2,1-3H3,(H,21,24)/t15-,18-/m1/s1. The summed E-state index contributed by atoms with van der Waals surface area (Å²) >= 11 is 1.34. The van der Waals surface area contributed by atoms with Crippen molar-refractivity contribution in [2.75, 3.05) is 5.75 Å². The Morgan fingerprint density at radius 1 is 1.29 bits per heavy atom. The van der Waals surface area contributed by atoms with Crippen LogP contribution in [0.2, 0.25) is 0 Å². The summed E-state index contributed by atoms with van der Waals surface area (Å²) in [6.45, 7) is 5.14. The number of carbonyl (C=O) groups is 4. The van der Waals surface area contributed by atoms with E-state index in [0.29, 0.717) is 6.29 Å². The summed E-state index contributed by atoms with van der Waals surface area (Å²) in [7, 11) is 0. The summed E-state index contributed by atoms with van der Waals surface area (Å²) in [5, 5.41) is 2.31. The van der Waals surface area contributed by atoms with Crippen molar-refractivity contribution in [3.63, 3.8) is 0 Å². The van der Waals surface area contributed by atoms with Crippen molar-refractivity contribution < 1.29 is 23.9 Å². The topological polar surface area (TPSA) is 92.8 Å². The number of benzene rings is 1. The quantitative estimate of drug-likeness (QED) is 0.455. The summed E-state index contributed by atoms with van der Waals surface area (Å²) in [6, 6.07) is 8.49. The molecule has 0 radical (unpaired) electrons. The molecule has 2 aliphatic heterocycles. The lowest BCUT2D eigenvalue weighted by molar-refractivity contribution is -0.159. The first-order valence-corrected chi connectivity index (χ1v) is 9.96. The molecule has 0 bridgehead atoms. The van der Waals surface area contributed by atoms with Crippen molar-refractivity contribution in [3.8, 4) is 0 Å². The van der Waals surface area contributed by atoms with Gasteiger partial charge in [0, 0.05) is 11.3 Å². The zero-order valence-electron chi connectivity index (χ0n) is 15.9. The highest BCUT2D eigenvalue weighted by atomic mass is 32.2. The summed E-state index contributed by atoms with van der Waals surface area (Å²) in [4.78, 5) is 50.2. The van der Waals surface area contributed by atoms with E-state index in [1.165, 1.54) is 16.7 Å². The minimum absolute atomic E-state index is 0.0211. The number of hydrogen-bond donors (Lipinski definition) is 1. The number of nitrogens with zero attached hydrogens (tertiary/aromatic N) is 1. The Bertz CT molecular complexity index is 844. The van der Waals surface area contributed by atoms with Gasteiger partial charge in [0.25, 0.3) is 5.91 Å². The molecule has 2 amide bonds. The Kier molecular flexibility index (Phi) is 5.60. The maximum atomic E-state index is 12.7. The molecule has 2 aliphatic rings. The molecule has 2 heterocycles. The third kappa shape index (κ3) is 4.11. The molecule has 3 rings (SSSR count). The second-order valence-electron chi connectivity index (χ2n) is 7.61. The molecule has 0 saturated carbocycles. The molecule has 7 nitrogen and oxygen atoms in total. The minimum atomic E-state index is -0.755. The Balaban J connectivity index is 1.72. The van der Waals surface area contributed by atoms with Crippen molar-refractivity contribution in [2.45, 2.75) is 44.2 Å². The van der Waals surface area contributed by atoms with E-state index in [2.05, 4.69) is 5.32 Å². The van der Waals surface area contributed by atoms with Crippen molar-refractivity contribution in [1.29, 1.82) is 0 Å². The molecular formula is C20H22N2O5S. The van der Waals surface area contributed by atoms with Crippen LogP contribution >= 0.6 is 11.8 Å². The molecule has 0 unspecified atom stereocenters. The molecule has 1 aromatic rings. The molecule has 8 heteroatoms. The van der Waals surface area contributed by atoms with Crippen LogP contribution in [0.3, 0.4) is 0 Å². The van der Waals surface area contributed by atoms with Gasteiger partial charge in [-0.05, 0) is 26.3 Å². The van der Waals surface area contributed by atoms with Crippen LogP contribution < -0.4 is 5.32 Å². The van der Waals surface area contributed by atoms with Crippen LogP contribution in [-0.4, -0.2) is 51.7 Å². The van der Waals surface area contributed by atoms with Crippen LogP contribution in [0.25, 0.3) is 0 Å². The molecule has 1 N–H and O–H groups in total. The van der Waals surface area contributed by atoms with Crippen LogP contribution in [-0.2, 0) is 30.3 Å². The lowest BCUT2D eigenvalue weighted by Gasteiger charge is -2.49. The molecule has 1 fully saturated rings. The maximum Gasteiger partial charge on any atom is 0.356 e. The monoisotopic (exact) mass is 402 g/mol. The average Bonchev–Trinajstić information content (AvgIpc) is 2.64. The fourth-order valence-electron chi connectivity index (χ4n) is 3.06. The fraction of sp³-hybridized carbons (Fsp3) is 0.400. The Hall–Kier alpha value is -2.61. The number of nitrogens with one attached hydrogen (secondary N) is 1. The van der Waals surface area contributed by atoms with E-state index in [-0.39, 0.29) is 29.4 Å². The van der Waals surface area contributed by atoms with E-state index >= 15 is 0 Å². The highest BCUT2D eigenvalue weighted by molar-refractivity contribution is 8.00. The zero-order chi connectivity index (χ0) is 20.5. The number of aldehydes is 1. The second-order valence-corrected chi connectivity index (χ2v) is 8.72. The molecule has 2 atom stereocenters. The molecular weight excluding hydrogens is 380 g/mol. The molecule has 28 heavy (non-hydrogen) atoms. The van der Waals surface area contributed by atoms with Crippen molar-refractivity contribution in [2.24, 2.45) is 0 Å². The van der Waals surface area contributed by atoms with E-state index < -0.39 is 28.9 Å². The molecule has 0 aliphatic carbocycles. The highest BCUT2D eigenvalue weighted by Crippen LogP contribution is 2.40. The van der Waals surface area contributed by atoms with Crippen LogP contribution in [0.5, 0.6) is 0 Å². The third-order valence-corrected chi connectivity index (χ3v) is 5.56. The summed E-state index contributed by atoms with van der Waals surface area (Å²) < 4.78 is 5.36. The fourth-order valence-corrected chi connectivity index (χ4v) is 4.35. The number of hydrogen-bond acceptors (Lipinski definition) is 6. The van der Waals surface area contributed by atoms with Crippen molar-refractivity contribution in [1.82, 2.24) is 10.2 Å². The van der Waals surface area contributed by atoms with E-state index in [4.69, 9.17) is 4.74 Å². The smallest absolute Gasteiger partial charge is 0.356 e. The normalized spacial score (nSPS) is 21.5.